The van der Waals surface area contributed by atoms with Gasteiger partial charge in [-0.25, -0.2) is 0 Å². The van der Waals surface area contributed by atoms with Gasteiger partial charge in [0, 0.05) is 24.3 Å². The van der Waals surface area contributed by atoms with Crippen LogP contribution < -0.4 is 5.73 Å². The van der Waals surface area contributed by atoms with Crippen molar-refractivity contribution in [1.29, 1.82) is 0 Å². The quantitative estimate of drug-likeness (QED) is 0.913. The maximum Gasteiger partial charge on any atom is 0.0746 e. The lowest BCUT2D eigenvalue weighted by atomic mass is 10.0. The zero-order chi connectivity index (χ0) is 13.8. The molecule has 0 radical (unpaired) electrons. The highest BCUT2D eigenvalue weighted by molar-refractivity contribution is 5.63. The topological polar surface area (TPSA) is 42.1 Å². The van der Waals surface area contributed by atoms with E-state index in [0.29, 0.717) is 12.6 Å². The molecule has 0 aliphatic carbocycles. The predicted molar refractivity (Wildman–Crippen MR) is 79.7 cm³/mol. The van der Waals surface area contributed by atoms with E-state index in [-0.39, 0.29) is 0 Å². The molecular formula is C16H21N3. The fraction of sp³-hybridized carbons (Fsp3) is 0.312. The van der Waals surface area contributed by atoms with Gasteiger partial charge in [0.2, 0.25) is 0 Å². The lowest BCUT2D eigenvalue weighted by Gasteiger charge is -2.20. The second kappa shape index (κ2) is 5.95. The van der Waals surface area contributed by atoms with Gasteiger partial charge in [-0.1, -0.05) is 30.3 Å². The molecule has 2 rings (SSSR count). The Kier molecular flexibility index (Phi) is 4.30. The summed E-state index contributed by atoms with van der Waals surface area (Å²) in [6.07, 6.45) is 1.81. The summed E-state index contributed by atoms with van der Waals surface area (Å²) in [5.41, 5.74) is 10.2. The molecule has 0 amide bonds. The molecule has 0 aliphatic heterocycles. The van der Waals surface area contributed by atoms with Gasteiger partial charge in [-0.2, -0.15) is 0 Å². The molecule has 1 aromatic carbocycles. The van der Waals surface area contributed by atoms with Crippen molar-refractivity contribution >= 4 is 0 Å². The second-order valence-electron chi connectivity index (χ2n) is 4.98. The maximum absolute atomic E-state index is 5.76. The molecule has 2 N–H and O–H groups in total. The van der Waals surface area contributed by atoms with E-state index in [1.54, 1.807) is 0 Å². The second-order valence-corrected chi connectivity index (χ2v) is 4.98. The monoisotopic (exact) mass is 255 g/mol. The van der Waals surface area contributed by atoms with Crippen molar-refractivity contribution in [1.82, 2.24) is 9.88 Å². The third-order valence-corrected chi connectivity index (χ3v) is 3.55. The summed E-state index contributed by atoms with van der Waals surface area (Å²) < 4.78 is 0. The first kappa shape index (κ1) is 13.7. The van der Waals surface area contributed by atoms with Gasteiger partial charge in [-0.3, -0.25) is 4.98 Å². The van der Waals surface area contributed by atoms with Crippen LogP contribution in [0.4, 0.5) is 0 Å². The number of rotatable bonds is 4. The Balaban J connectivity index is 2.32. The minimum absolute atomic E-state index is 0.409. The average molecular weight is 255 g/mol. The Bertz CT molecular complexity index is 532. The highest BCUT2D eigenvalue weighted by Crippen LogP contribution is 2.24. The summed E-state index contributed by atoms with van der Waals surface area (Å²) in [7, 11) is 4.17. The van der Waals surface area contributed by atoms with Crippen LogP contribution in [-0.4, -0.2) is 24.0 Å². The standard InChI is InChI=1S/C16H21N3/c1-12(19(2)3)13-6-8-14(9-7-13)16-15(11-17)5-4-10-18-16/h4-10,12H,11,17H2,1-3H3/t12-/m0/s1. The smallest absolute Gasteiger partial charge is 0.0746 e. The van der Waals surface area contributed by atoms with Gasteiger partial charge < -0.3 is 10.6 Å². The molecule has 0 spiro atoms. The van der Waals surface area contributed by atoms with Gasteiger partial charge in [0.05, 0.1) is 5.69 Å². The molecule has 0 aliphatic rings. The minimum Gasteiger partial charge on any atom is -0.326 e. The molecule has 0 bridgehead atoms. The first-order valence-electron chi connectivity index (χ1n) is 6.54. The Morgan fingerprint density at radius 3 is 2.42 bits per heavy atom. The summed E-state index contributed by atoms with van der Waals surface area (Å²) >= 11 is 0. The van der Waals surface area contributed by atoms with Crippen molar-refractivity contribution in [3.05, 3.63) is 53.7 Å². The van der Waals surface area contributed by atoms with Crippen LogP contribution in [0, 0.1) is 0 Å². The van der Waals surface area contributed by atoms with Crippen molar-refractivity contribution in [3.63, 3.8) is 0 Å². The van der Waals surface area contributed by atoms with Crippen LogP contribution >= 0.6 is 0 Å². The van der Waals surface area contributed by atoms with Gasteiger partial charge in [0.25, 0.3) is 0 Å². The molecule has 19 heavy (non-hydrogen) atoms. The number of hydrogen-bond donors (Lipinski definition) is 1. The maximum atomic E-state index is 5.76. The van der Waals surface area contributed by atoms with E-state index >= 15 is 0 Å². The summed E-state index contributed by atoms with van der Waals surface area (Å²) in [6, 6.07) is 12.9. The van der Waals surface area contributed by atoms with Gasteiger partial charge in [0.1, 0.15) is 0 Å². The summed E-state index contributed by atoms with van der Waals surface area (Å²) in [4.78, 5) is 6.63. The van der Waals surface area contributed by atoms with Crippen LogP contribution in [0.2, 0.25) is 0 Å². The van der Waals surface area contributed by atoms with Gasteiger partial charge >= 0.3 is 0 Å². The van der Waals surface area contributed by atoms with Crippen LogP contribution in [-0.2, 0) is 6.54 Å². The first-order chi connectivity index (χ1) is 9.13. The van der Waals surface area contributed by atoms with Gasteiger partial charge in [-0.15, -0.1) is 0 Å². The number of hydrogen-bond acceptors (Lipinski definition) is 3. The summed E-state index contributed by atoms with van der Waals surface area (Å²) in [5.74, 6) is 0. The molecule has 0 saturated heterocycles. The van der Waals surface area contributed by atoms with Crippen LogP contribution in [0.15, 0.2) is 42.6 Å². The summed E-state index contributed by atoms with van der Waals surface area (Å²) in [6.45, 7) is 2.71. The number of benzene rings is 1. The predicted octanol–water partition coefficient (Wildman–Crippen LogP) is 2.83. The van der Waals surface area contributed by atoms with Crippen LogP contribution in [0.25, 0.3) is 11.3 Å². The molecule has 100 valence electrons. The lowest BCUT2D eigenvalue weighted by Crippen LogP contribution is -2.16. The van der Waals surface area contributed by atoms with Crippen molar-refractivity contribution in [2.24, 2.45) is 5.73 Å². The van der Waals surface area contributed by atoms with Crippen molar-refractivity contribution in [2.75, 3.05) is 14.1 Å². The van der Waals surface area contributed by atoms with E-state index in [2.05, 4.69) is 55.2 Å². The minimum atomic E-state index is 0.409. The van der Waals surface area contributed by atoms with Gasteiger partial charge in [-0.05, 0) is 38.2 Å². The number of aromatic nitrogens is 1. The zero-order valence-electron chi connectivity index (χ0n) is 11.8. The fourth-order valence-corrected chi connectivity index (χ4v) is 2.08. The highest BCUT2D eigenvalue weighted by atomic mass is 15.1. The van der Waals surface area contributed by atoms with Crippen molar-refractivity contribution in [2.45, 2.75) is 19.5 Å². The Hall–Kier alpha value is -1.71. The van der Waals surface area contributed by atoms with Crippen LogP contribution in [0.5, 0.6) is 0 Å². The first-order valence-corrected chi connectivity index (χ1v) is 6.54. The van der Waals surface area contributed by atoms with E-state index in [1.807, 2.05) is 18.3 Å². The van der Waals surface area contributed by atoms with Crippen LogP contribution in [0.1, 0.15) is 24.1 Å². The molecule has 0 unspecified atom stereocenters. The molecule has 1 heterocycles. The van der Waals surface area contributed by atoms with E-state index in [0.717, 1.165) is 16.8 Å². The van der Waals surface area contributed by atoms with Crippen LogP contribution in [0.3, 0.4) is 0 Å². The average Bonchev–Trinajstić information content (AvgIpc) is 2.46. The van der Waals surface area contributed by atoms with Crippen molar-refractivity contribution in [3.8, 4) is 11.3 Å². The van der Waals surface area contributed by atoms with E-state index < -0.39 is 0 Å². The molecule has 1 aromatic heterocycles. The largest absolute Gasteiger partial charge is 0.326 e. The zero-order valence-corrected chi connectivity index (χ0v) is 11.8. The van der Waals surface area contributed by atoms with Gasteiger partial charge in [0.15, 0.2) is 0 Å². The number of nitrogens with zero attached hydrogens (tertiary/aromatic N) is 2. The Labute approximate surface area is 115 Å². The SMILES string of the molecule is C[C@@H](c1ccc(-c2ncccc2CN)cc1)N(C)C. The third-order valence-electron chi connectivity index (χ3n) is 3.55. The fourth-order valence-electron chi connectivity index (χ4n) is 2.08. The number of pyridine rings is 1. The third kappa shape index (κ3) is 3.00. The molecule has 3 heteroatoms. The lowest BCUT2D eigenvalue weighted by molar-refractivity contribution is 0.321. The molecule has 1 atom stereocenters. The normalized spacial score (nSPS) is 12.7. The molecule has 2 aromatic rings. The molecule has 0 saturated carbocycles. The number of nitrogens with two attached hydrogens (primary N) is 1. The highest BCUT2D eigenvalue weighted by Gasteiger charge is 2.09. The van der Waals surface area contributed by atoms with Crippen molar-refractivity contribution < 1.29 is 0 Å². The summed E-state index contributed by atoms with van der Waals surface area (Å²) in [5, 5.41) is 0. The van der Waals surface area contributed by atoms with E-state index in [4.69, 9.17) is 5.73 Å². The van der Waals surface area contributed by atoms with E-state index in [9.17, 15) is 0 Å². The molecule has 3 nitrogen and oxygen atoms in total. The van der Waals surface area contributed by atoms with E-state index in [1.165, 1.54) is 5.56 Å². The molecular weight excluding hydrogens is 234 g/mol. The Morgan fingerprint density at radius 2 is 1.84 bits per heavy atom. The Morgan fingerprint density at radius 1 is 1.16 bits per heavy atom. The molecule has 0 fully saturated rings.